The number of phenolic OH excluding ortho intramolecular Hbond substituents is 1. The predicted molar refractivity (Wildman–Crippen MR) is 435 cm³/mol. The highest BCUT2D eigenvalue weighted by Crippen LogP contribution is 2.38. The number of hydrazine groups is 2. The number of carbonyl (C=O) groups is 8. The minimum Gasteiger partial charge on any atom is -0.543 e. The third-order valence-electron chi connectivity index (χ3n) is 21.1. The van der Waals surface area contributed by atoms with Crippen LogP contribution in [0.25, 0.3) is 0 Å². The van der Waals surface area contributed by atoms with Crippen LogP contribution in [0.5, 0.6) is 23.0 Å². The number of hydrogen-bond acceptors (Lipinski definition) is 20. The van der Waals surface area contributed by atoms with Gasteiger partial charge in [0.15, 0.2) is 0 Å². The molecule has 2 bridgehead atoms. The number of aromatic hydroxyl groups is 1. The highest BCUT2D eigenvalue weighted by Gasteiger charge is 2.42. The van der Waals surface area contributed by atoms with Crippen LogP contribution >= 0.6 is 0 Å². The molecule has 3 aliphatic rings. The van der Waals surface area contributed by atoms with Crippen LogP contribution in [0.1, 0.15) is 109 Å². The van der Waals surface area contributed by atoms with Gasteiger partial charge in [-0.2, -0.15) is 0 Å². The molecule has 0 spiro atoms. The number of cyclic esters (lactones) is 1. The van der Waals surface area contributed by atoms with Crippen LogP contribution in [-0.2, 0) is 92.5 Å². The Morgan fingerprint density at radius 3 is 1.98 bits per heavy atom. The van der Waals surface area contributed by atoms with Gasteiger partial charge in [-0.05, 0) is 127 Å². The number of nitrogens with zero attached hydrogens (tertiary/aromatic N) is 2. The van der Waals surface area contributed by atoms with Gasteiger partial charge in [0.25, 0.3) is 11.8 Å². The van der Waals surface area contributed by atoms with Gasteiger partial charge in [-0.15, -0.1) is 6.58 Å². The molecule has 0 radical (unpaired) electrons. The fourth-order valence-electron chi connectivity index (χ4n) is 13.5. The molecule has 0 aromatic heterocycles. The first kappa shape index (κ1) is 92.4. The normalized spacial score (nSPS) is 22.5. The number of methoxy groups -OCH3 is 6. The average molecular weight is 1580 g/mol. The second-order valence-electron chi connectivity index (χ2n) is 30.3. The van der Waals surface area contributed by atoms with E-state index in [1.165, 1.54) is 29.3 Å². The van der Waals surface area contributed by atoms with E-state index in [1.54, 1.807) is 116 Å². The van der Waals surface area contributed by atoms with Crippen LogP contribution in [0.2, 0.25) is 18.1 Å². The first-order valence-electron chi connectivity index (χ1n) is 38.8. The monoisotopic (exact) mass is 1580 g/mol. The van der Waals surface area contributed by atoms with E-state index in [9.17, 15) is 43.5 Å². The second kappa shape index (κ2) is 46.0. The lowest BCUT2D eigenvalue weighted by Gasteiger charge is -2.36. The summed E-state index contributed by atoms with van der Waals surface area (Å²) >= 11 is 0. The van der Waals surface area contributed by atoms with Gasteiger partial charge in [0, 0.05) is 79.0 Å². The van der Waals surface area contributed by atoms with E-state index in [1.807, 2.05) is 80.6 Å². The predicted octanol–water partition coefficient (Wildman–Crippen LogP) is 9.51. The Hall–Kier alpha value is -9.48. The van der Waals surface area contributed by atoms with Crippen molar-refractivity contribution in [3.63, 3.8) is 0 Å². The van der Waals surface area contributed by atoms with Gasteiger partial charge in [-0.25, -0.2) is 10.9 Å². The van der Waals surface area contributed by atoms with Crippen molar-refractivity contribution < 1.29 is 85.8 Å². The molecule has 7 N–H and O–H groups in total. The van der Waals surface area contributed by atoms with Crippen LogP contribution in [0.4, 0.5) is 0 Å². The number of carbonyl (C=O) groups excluding carboxylic acids is 8. The smallest absolute Gasteiger partial charge is 0.324 e. The lowest BCUT2D eigenvalue weighted by atomic mass is 9.87. The molecule has 3 heterocycles. The number of nitrogens with one attached hydrogen (secondary N) is 6. The number of hydrogen-bond donors (Lipinski definition) is 7. The maximum atomic E-state index is 14.6. The highest BCUT2D eigenvalue weighted by molar-refractivity contribution is 6.74. The number of fused-ring (bicyclic) bond motifs is 2. The van der Waals surface area contributed by atoms with Gasteiger partial charge in [0.1, 0.15) is 59.2 Å². The van der Waals surface area contributed by atoms with Crippen molar-refractivity contribution in [2.24, 2.45) is 23.7 Å². The Bertz CT molecular complexity index is 3850. The zero-order valence-electron chi connectivity index (χ0n) is 68.5. The fraction of sp³-hybridized carbons (Fsp3) is 0.512. The van der Waals surface area contributed by atoms with Crippen molar-refractivity contribution in [2.45, 2.75) is 191 Å². The lowest BCUT2D eigenvalue weighted by molar-refractivity contribution is -0.154. The van der Waals surface area contributed by atoms with E-state index in [0.29, 0.717) is 74.4 Å². The fourth-order valence-corrected chi connectivity index (χ4v) is 14.5. The van der Waals surface area contributed by atoms with Crippen LogP contribution in [0.3, 0.4) is 0 Å². The molecule has 14 atom stereocenters. The third kappa shape index (κ3) is 28.2. The molecular weight excluding hydrogens is 1460 g/mol. The van der Waals surface area contributed by atoms with Gasteiger partial charge in [-0.3, -0.25) is 48.4 Å². The van der Waals surface area contributed by atoms with Gasteiger partial charge >= 0.3 is 11.9 Å². The van der Waals surface area contributed by atoms with E-state index in [-0.39, 0.29) is 67.6 Å². The number of ether oxygens (including phenoxy) is 8. The van der Waals surface area contributed by atoms with Gasteiger partial charge < -0.3 is 68.7 Å². The summed E-state index contributed by atoms with van der Waals surface area (Å²) in [4.78, 5) is 112. The SMILES string of the molecule is C=C/C=C\[C@H](OC)[C@H](C)[C@@H](OC)[C@@H](C)C(=O)N[C@@H](Cc1ccc(OC)cc1)C(=O)N[C@@H](Cc1cccc(O[Si](C)(C)C(C)(C)C)c1)C(=O)N1CCC[C@@H](C(=O)OCCC=C)N1.COc1ccc(C[C@@H]2NC(=O)[C@H](C)[C@H](OC)[C@@H](C)[C@@H](OC)/C=C/C=C/CCOC(=O)[C@@H]3CCCN(N3)C(=O)[C@H](Cc3cccc(O)c3)NC2=O)cc1. The molecular formula is C86H122N8O18Si. The molecule has 0 unspecified atom stereocenters. The third-order valence-corrected chi connectivity index (χ3v) is 25.4. The number of rotatable bonds is 30. The van der Waals surface area contributed by atoms with Gasteiger partial charge in [-0.1, -0.05) is 152 Å². The molecule has 4 aromatic carbocycles. The van der Waals surface area contributed by atoms with E-state index in [0.717, 1.165) is 16.7 Å². The van der Waals surface area contributed by atoms with Crippen molar-refractivity contribution in [1.82, 2.24) is 42.1 Å². The Balaban J connectivity index is 0.000000356. The molecule has 618 valence electrons. The zero-order chi connectivity index (χ0) is 83.0. The number of benzene rings is 4. The molecule has 7 rings (SSSR count). The largest absolute Gasteiger partial charge is 0.543 e. The minimum atomic E-state index is -2.21. The van der Waals surface area contributed by atoms with Crippen molar-refractivity contribution >= 4 is 55.7 Å². The Morgan fingerprint density at radius 1 is 0.717 bits per heavy atom. The first-order chi connectivity index (χ1) is 53.9. The van der Waals surface area contributed by atoms with Crippen molar-refractivity contribution in [1.29, 1.82) is 0 Å². The molecule has 0 aliphatic carbocycles. The van der Waals surface area contributed by atoms with Gasteiger partial charge in [0.05, 0.1) is 63.7 Å². The Morgan fingerprint density at radius 2 is 1.35 bits per heavy atom. The topological polar surface area (TPSA) is 319 Å². The average Bonchev–Trinajstić information content (AvgIpc) is 0.827. The molecule has 0 saturated carbocycles. The first-order valence-corrected chi connectivity index (χ1v) is 41.7. The van der Waals surface area contributed by atoms with E-state index < -0.39 is 122 Å². The van der Waals surface area contributed by atoms with Crippen LogP contribution in [0, 0.1) is 23.7 Å². The summed E-state index contributed by atoms with van der Waals surface area (Å²) in [6, 6.07) is 22.4. The van der Waals surface area contributed by atoms with Crippen molar-refractivity contribution in [3.8, 4) is 23.0 Å². The highest BCUT2D eigenvalue weighted by atomic mass is 28.4. The lowest BCUT2D eigenvalue weighted by Crippen LogP contribution is -2.62. The molecule has 4 aromatic rings. The van der Waals surface area contributed by atoms with Crippen molar-refractivity contribution in [3.05, 3.63) is 181 Å². The number of amides is 6. The summed E-state index contributed by atoms with van der Waals surface area (Å²) < 4.78 is 51.4. The quantitative estimate of drug-likeness (QED) is 0.00840. The van der Waals surface area contributed by atoms with Crippen LogP contribution < -0.4 is 46.0 Å². The Kier molecular flexibility index (Phi) is 37.6. The summed E-state index contributed by atoms with van der Waals surface area (Å²) in [6.07, 6.45) is 15.8. The molecule has 2 saturated heterocycles. The van der Waals surface area contributed by atoms with Crippen LogP contribution in [-0.4, -0.2) is 200 Å². The van der Waals surface area contributed by atoms with Crippen molar-refractivity contribution in [2.75, 3.05) is 69.0 Å². The van der Waals surface area contributed by atoms with Gasteiger partial charge in [0.2, 0.25) is 31.9 Å². The number of phenols is 1. The van der Waals surface area contributed by atoms with E-state index in [2.05, 4.69) is 79.1 Å². The van der Waals surface area contributed by atoms with E-state index >= 15 is 0 Å². The maximum Gasteiger partial charge on any atom is 0.324 e. The molecule has 6 amide bonds. The molecule has 3 aliphatic heterocycles. The summed E-state index contributed by atoms with van der Waals surface area (Å²) in [6.45, 7) is 26.5. The molecule has 113 heavy (non-hydrogen) atoms. The summed E-state index contributed by atoms with van der Waals surface area (Å²) in [5, 5.41) is 24.7. The number of esters is 2. The summed E-state index contributed by atoms with van der Waals surface area (Å²) in [7, 11) is 7.17. The minimum absolute atomic E-state index is 0.00945. The zero-order valence-corrected chi connectivity index (χ0v) is 69.5. The standard InChI is InChI=1S/C47H70N4O9Si.C39H52N4O9/c1-13-15-22-41(57-9)32(3)42(58-10)33(4)43(52)48-39(30-34-23-25-36(56-8)26-24-34)44(53)49-40(31-35-19-17-20-37(29-35)60-61(11,12)47(5,6)7)45(54)51-27-18-21-38(50-51)46(55)59-28-16-14-2;1-25-34(50-4)15-8-6-7-9-21-52-39(48)31-14-11-20-43(42-31)38(47)33(24-28-12-10-13-29(44)22-28)41-37(46)32(40-36(45)26(2)35(25)51-5)23-27-16-18-30(49-3)19-17-27/h13-15,17,19-20,22-26,29,32-33,38-42,50H,1-2,16,18,21,27-28,30-31H2,3-12H3,(H,48,52)(H,49,53);6-8,10,12-13,15-19,22,25-26,31-35,42,44H,9,11,14,20-21,23-24H2,1-5H3,(H,40,45)(H,41,46)/b22-15-;7-6+,15-8+/t32-,33+,38-,39-,40-,41-,42+;25-,26+,31-,32-,33-,34-,35+/m00/s1. The maximum absolute atomic E-state index is 14.6. The number of allylic oxidation sites excluding steroid dienone is 4. The van der Waals surface area contributed by atoms with E-state index in [4.69, 9.17) is 42.3 Å². The Labute approximate surface area is 668 Å². The molecule has 26 nitrogen and oxygen atoms in total. The van der Waals surface area contributed by atoms with Crippen LogP contribution in [0.15, 0.2) is 159 Å². The second-order valence-corrected chi connectivity index (χ2v) is 35.0. The molecule has 27 heteroatoms. The summed E-state index contributed by atoms with van der Waals surface area (Å²) in [5.74, 6) is -3.80. The molecule has 2 fully saturated rings. The summed E-state index contributed by atoms with van der Waals surface area (Å²) in [5.41, 5.74) is 8.93.